The van der Waals surface area contributed by atoms with Gasteiger partial charge >= 0.3 is 0 Å². The Morgan fingerprint density at radius 1 is 1.38 bits per heavy atom. The van der Waals surface area contributed by atoms with Crippen LogP contribution in [-0.2, 0) is 4.79 Å². The largest absolute Gasteiger partial charge is 0.351 e. The standard InChI is InChI=1S/C16H22N4O/c1-11-7-13(11)14(21)20-6-3-16(10-20)8-12(9-16)19-15-17-4-2-5-18-15/h2,4-5,11-13H,3,6-10H2,1H3,(H,17,18,19)/t11-,12?,13+,16?/m1/s1. The second-order valence-electron chi connectivity index (χ2n) is 7.15. The maximum absolute atomic E-state index is 12.3. The molecule has 0 bridgehead atoms. The minimum Gasteiger partial charge on any atom is -0.351 e. The number of hydrogen-bond acceptors (Lipinski definition) is 4. The number of anilines is 1. The molecule has 2 heterocycles. The molecule has 0 aromatic carbocycles. The van der Waals surface area contributed by atoms with Crippen molar-refractivity contribution < 1.29 is 4.79 Å². The summed E-state index contributed by atoms with van der Waals surface area (Å²) < 4.78 is 0. The number of carbonyl (C=O) groups is 1. The first-order chi connectivity index (χ1) is 10.2. The Kier molecular flexibility index (Phi) is 2.91. The number of hydrogen-bond donors (Lipinski definition) is 1. The van der Waals surface area contributed by atoms with Crippen LogP contribution in [0.3, 0.4) is 0 Å². The van der Waals surface area contributed by atoms with E-state index in [1.165, 1.54) is 0 Å². The molecule has 3 fully saturated rings. The van der Waals surface area contributed by atoms with Crippen LogP contribution in [0.5, 0.6) is 0 Å². The molecule has 1 amide bonds. The number of likely N-dealkylation sites (tertiary alicyclic amines) is 1. The molecule has 1 aromatic heterocycles. The maximum Gasteiger partial charge on any atom is 0.225 e. The lowest BCUT2D eigenvalue weighted by atomic mass is 9.65. The number of nitrogens with one attached hydrogen (secondary N) is 1. The van der Waals surface area contributed by atoms with Crippen molar-refractivity contribution in [3.8, 4) is 0 Å². The molecule has 21 heavy (non-hydrogen) atoms. The second kappa shape index (κ2) is 4.68. The van der Waals surface area contributed by atoms with Crippen LogP contribution in [0.15, 0.2) is 18.5 Å². The van der Waals surface area contributed by atoms with Gasteiger partial charge in [-0.3, -0.25) is 4.79 Å². The third kappa shape index (κ3) is 2.39. The average molecular weight is 286 g/mol. The zero-order valence-electron chi connectivity index (χ0n) is 12.5. The average Bonchev–Trinajstić information content (AvgIpc) is 3.01. The van der Waals surface area contributed by atoms with Crippen LogP contribution in [0, 0.1) is 17.3 Å². The van der Waals surface area contributed by atoms with Crippen molar-refractivity contribution in [3.05, 3.63) is 18.5 Å². The molecule has 0 unspecified atom stereocenters. The summed E-state index contributed by atoms with van der Waals surface area (Å²) in [4.78, 5) is 22.8. The summed E-state index contributed by atoms with van der Waals surface area (Å²) in [5.41, 5.74) is 0.361. The van der Waals surface area contributed by atoms with Crippen LogP contribution in [0.4, 0.5) is 5.95 Å². The van der Waals surface area contributed by atoms with Gasteiger partial charge in [-0.25, -0.2) is 9.97 Å². The van der Waals surface area contributed by atoms with E-state index in [-0.39, 0.29) is 0 Å². The Balaban J connectivity index is 1.30. The van der Waals surface area contributed by atoms with Gasteiger partial charge in [-0.05, 0) is 43.1 Å². The number of rotatable bonds is 3. The van der Waals surface area contributed by atoms with E-state index in [9.17, 15) is 4.79 Å². The summed E-state index contributed by atoms with van der Waals surface area (Å²) in [5, 5.41) is 3.39. The van der Waals surface area contributed by atoms with Crippen molar-refractivity contribution in [1.82, 2.24) is 14.9 Å². The predicted molar refractivity (Wildman–Crippen MR) is 79.6 cm³/mol. The fourth-order valence-electron chi connectivity index (χ4n) is 4.00. The van der Waals surface area contributed by atoms with Gasteiger partial charge in [0.2, 0.25) is 11.9 Å². The molecule has 112 valence electrons. The van der Waals surface area contributed by atoms with Gasteiger partial charge in [0.05, 0.1) is 0 Å². The molecule has 5 nitrogen and oxygen atoms in total. The van der Waals surface area contributed by atoms with Gasteiger partial charge in [0.25, 0.3) is 0 Å². The van der Waals surface area contributed by atoms with Crippen LogP contribution in [-0.4, -0.2) is 39.9 Å². The molecule has 0 radical (unpaired) electrons. The van der Waals surface area contributed by atoms with Crippen molar-refractivity contribution in [2.24, 2.45) is 17.3 Å². The molecule has 2 saturated carbocycles. The molecule has 4 rings (SSSR count). The first-order valence-corrected chi connectivity index (χ1v) is 7.98. The fourth-order valence-corrected chi connectivity index (χ4v) is 4.00. The van der Waals surface area contributed by atoms with E-state index in [1.807, 2.05) is 6.07 Å². The summed E-state index contributed by atoms with van der Waals surface area (Å²) in [7, 11) is 0. The highest BCUT2D eigenvalue weighted by atomic mass is 16.2. The Morgan fingerprint density at radius 2 is 2.10 bits per heavy atom. The number of aromatic nitrogens is 2. The number of carbonyl (C=O) groups excluding carboxylic acids is 1. The van der Waals surface area contributed by atoms with Crippen LogP contribution in [0.1, 0.15) is 32.6 Å². The lowest BCUT2D eigenvalue weighted by molar-refractivity contribution is -0.132. The van der Waals surface area contributed by atoms with E-state index in [0.717, 1.165) is 44.7 Å². The van der Waals surface area contributed by atoms with Crippen molar-refractivity contribution in [2.45, 2.75) is 38.6 Å². The molecular formula is C16H22N4O. The first-order valence-electron chi connectivity index (χ1n) is 7.98. The first kappa shape index (κ1) is 13.0. The summed E-state index contributed by atoms with van der Waals surface area (Å²) >= 11 is 0. The van der Waals surface area contributed by atoms with Gasteiger partial charge < -0.3 is 10.2 Å². The molecule has 3 aliphatic rings. The van der Waals surface area contributed by atoms with Gasteiger partial charge in [-0.2, -0.15) is 0 Å². The highest BCUT2D eigenvalue weighted by molar-refractivity contribution is 5.82. The van der Waals surface area contributed by atoms with Crippen LogP contribution < -0.4 is 5.32 Å². The van der Waals surface area contributed by atoms with Crippen LogP contribution in [0.25, 0.3) is 0 Å². The lowest BCUT2D eigenvalue weighted by Crippen LogP contribution is -2.47. The maximum atomic E-state index is 12.3. The van der Waals surface area contributed by atoms with E-state index in [1.54, 1.807) is 12.4 Å². The molecular weight excluding hydrogens is 264 g/mol. The molecule has 1 aromatic rings. The molecule has 5 heteroatoms. The van der Waals surface area contributed by atoms with Gasteiger partial charge in [0.15, 0.2) is 0 Å². The van der Waals surface area contributed by atoms with Crippen molar-refractivity contribution >= 4 is 11.9 Å². The van der Waals surface area contributed by atoms with Gasteiger partial charge in [-0.1, -0.05) is 6.92 Å². The quantitative estimate of drug-likeness (QED) is 0.922. The minimum absolute atomic E-state index is 0.326. The predicted octanol–water partition coefficient (Wildman–Crippen LogP) is 1.93. The van der Waals surface area contributed by atoms with E-state index >= 15 is 0 Å². The zero-order chi connectivity index (χ0) is 14.4. The second-order valence-corrected chi connectivity index (χ2v) is 7.15. The van der Waals surface area contributed by atoms with Crippen molar-refractivity contribution in [2.75, 3.05) is 18.4 Å². The Morgan fingerprint density at radius 3 is 2.76 bits per heavy atom. The zero-order valence-corrected chi connectivity index (χ0v) is 12.5. The molecule has 2 aliphatic carbocycles. The van der Waals surface area contributed by atoms with E-state index < -0.39 is 0 Å². The monoisotopic (exact) mass is 286 g/mol. The minimum atomic E-state index is 0.326. The summed E-state index contributed by atoms with van der Waals surface area (Å²) in [6.07, 6.45) is 8.04. The molecule has 1 aliphatic heterocycles. The lowest BCUT2D eigenvalue weighted by Gasteiger charge is -2.45. The SMILES string of the molecule is C[C@@H]1C[C@@H]1C(=O)N1CCC2(CC(Nc3ncccn3)C2)C1. The smallest absolute Gasteiger partial charge is 0.225 e. The van der Waals surface area contributed by atoms with Gasteiger partial charge in [0, 0.05) is 37.4 Å². The Bertz CT molecular complexity index is 540. The number of amides is 1. The summed E-state index contributed by atoms with van der Waals surface area (Å²) in [5.74, 6) is 2.06. The molecule has 2 atom stereocenters. The van der Waals surface area contributed by atoms with Gasteiger partial charge in [-0.15, -0.1) is 0 Å². The highest BCUT2D eigenvalue weighted by Gasteiger charge is 2.51. The van der Waals surface area contributed by atoms with Crippen LogP contribution in [0.2, 0.25) is 0 Å². The summed E-state index contributed by atoms with van der Waals surface area (Å²) in [6, 6.07) is 2.29. The third-order valence-corrected chi connectivity index (χ3v) is 5.43. The van der Waals surface area contributed by atoms with E-state index in [4.69, 9.17) is 0 Å². The highest BCUT2D eigenvalue weighted by Crippen LogP contribution is 2.50. The van der Waals surface area contributed by atoms with Crippen molar-refractivity contribution in [3.63, 3.8) is 0 Å². The summed E-state index contributed by atoms with van der Waals surface area (Å²) in [6.45, 7) is 4.09. The Hall–Kier alpha value is -1.65. The van der Waals surface area contributed by atoms with E-state index in [0.29, 0.717) is 29.2 Å². The topological polar surface area (TPSA) is 58.1 Å². The van der Waals surface area contributed by atoms with Crippen LogP contribution >= 0.6 is 0 Å². The molecule has 1 saturated heterocycles. The number of nitrogens with zero attached hydrogens (tertiary/aromatic N) is 3. The van der Waals surface area contributed by atoms with Gasteiger partial charge in [0.1, 0.15) is 0 Å². The molecule has 1 spiro atoms. The Labute approximate surface area is 125 Å². The normalized spacial score (nSPS) is 37.4. The van der Waals surface area contributed by atoms with Crippen molar-refractivity contribution in [1.29, 1.82) is 0 Å². The fraction of sp³-hybridized carbons (Fsp3) is 0.688. The molecule has 1 N–H and O–H groups in total. The third-order valence-electron chi connectivity index (χ3n) is 5.43. The van der Waals surface area contributed by atoms with E-state index in [2.05, 4.69) is 27.1 Å².